The molecule has 0 heterocycles. The van der Waals surface area contributed by atoms with Gasteiger partial charge in [-0.3, -0.25) is 4.79 Å². The Balaban J connectivity index is 2.17. The van der Waals surface area contributed by atoms with Gasteiger partial charge in [-0.15, -0.1) is 0 Å². The lowest BCUT2D eigenvalue weighted by atomic mass is 9.81. The third-order valence-electron chi connectivity index (χ3n) is 8.91. The number of esters is 1. The number of rotatable bonds is 14. The summed E-state index contributed by atoms with van der Waals surface area (Å²) in [6.45, 7) is 24.0. The summed E-state index contributed by atoms with van der Waals surface area (Å²) in [7, 11) is -0.451. The highest BCUT2D eigenvalue weighted by Crippen LogP contribution is 2.48. The fourth-order valence-electron chi connectivity index (χ4n) is 5.57. The van der Waals surface area contributed by atoms with Crippen molar-refractivity contribution in [1.82, 2.24) is 0 Å². The molecule has 2 rings (SSSR count). The monoisotopic (exact) mass is 539 g/mol. The molecule has 38 heavy (non-hydrogen) atoms. The number of hydrogen-bond donors (Lipinski definition) is 0. The van der Waals surface area contributed by atoms with Crippen molar-refractivity contribution >= 4 is 14.3 Å². The van der Waals surface area contributed by atoms with Crippen molar-refractivity contribution in [3.8, 4) is 0 Å². The van der Waals surface area contributed by atoms with Crippen LogP contribution in [0.1, 0.15) is 116 Å². The number of nitrogens with zero attached hydrogens (tertiary/aromatic N) is 1. The van der Waals surface area contributed by atoms with Crippen LogP contribution in [0.2, 0.25) is 18.1 Å². The lowest BCUT2D eigenvalue weighted by Gasteiger charge is -2.39. The van der Waals surface area contributed by atoms with Crippen molar-refractivity contribution in [3.63, 3.8) is 0 Å². The number of ether oxygens (including phenoxy) is 1. The molecule has 0 amide bonds. The van der Waals surface area contributed by atoms with E-state index < -0.39 is 8.32 Å². The highest BCUT2D eigenvalue weighted by atomic mass is 28.4. The minimum atomic E-state index is -1.89. The normalized spacial score (nSPS) is 22.9. The van der Waals surface area contributed by atoms with Crippen LogP contribution in [0.15, 0.2) is 36.4 Å². The molecule has 0 bridgehead atoms. The lowest BCUT2D eigenvalue weighted by Crippen LogP contribution is -2.41. The summed E-state index contributed by atoms with van der Waals surface area (Å²) in [6, 6.07) is 9.31. The summed E-state index contributed by atoms with van der Waals surface area (Å²) >= 11 is 0. The van der Waals surface area contributed by atoms with Crippen LogP contribution in [-0.4, -0.2) is 27.4 Å². The molecule has 212 valence electrons. The predicted molar refractivity (Wildman–Crippen MR) is 162 cm³/mol. The Morgan fingerprint density at radius 3 is 2.42 bits per heavy atom. The number of benzene rings is 1. The first-order valence-electron chi connectivity index (χ1n) is 14.8. The number of unbranched alkanes of at least 4 members (excludes halogenated alkanes) is 3. The SMILES string of the molecule is [C-]#[N+][C@@H]1C[C@@H](C)[C@H](c2ccc(C(CCCCC)O[Si](C)(C)C(C)(C)C)cc2)[C@H]1C/C=C\CCCC(=O)OC. The topological polar surface area (TPSA) is 39.9 Å². The van der Waals surface area contributed by atoms with Crippen LogP contribution in [0.25, 0.3) is 4.85 Å². The third-order valence-corrected chi connectivity index (χ3v) is 13.4. The number of carbonyl (C=O) groups excluding carboxylic acids is 1. The molecule has 5 atom stereocenters. The highest BCUT2D eigenvalue weighted by molar-refractivity contribution is 6.74. The van der Waals surface area contributed by atoms with Gasteiger partial charge in [0.2, 0.25) is 6.04 Å². The minimum absolute atomic E-state index is 0.0677. The molecule has 5 heteroatoms. The van der Waals surface area contributed by atoms with Crippen molar-refractivity contribution in [3.05, 3.63) is 59.0 Å². The van der Waals surface area contributed by atoms with E-state index in [1.807, 2.05) is 0 Å². The van der Waals surface area contributed by atoms with Crippen molar-refractivity contribution < 1.29 is 14.0 Å². The quantitative estimate of drug-likeness (QED) is 0.0776. The van der Waals surface area contributed by atoms with E-state index in [0.717, 1.165) is 32.1 Å². The van der Waals surface area contributed by atoms with Gasteiger partial charge in [-0.2, -0.15) is 0 Å². The first-order chi connectivity index (χ1) is 17.9. The number of hydrogen-bond acceptors (Lipinski definition) is 3. The Bertz CT molecular complexity index is 925. The Hall–Kier alpha value is -1.90. The largest absolute Gasteiger partial charge is 0.469 e. The summed E-state index contributed by atoms with van der Waals surface area (Å²) < 4.78 is 11.7. The van der Waals surface area contributed by atoms with Gasteiger partial charge in [0.1, 0.15) is 0 Å². The average molecular weight is 540 g/mol. The number of carbonyl (C=O) groups is 1. The first kappa shape index (κ1) is 32.3. The van der Waals surface area contributed by atoms with Gasteiger partial charge in [-0.1, -0.05) is 90.3 Å². The zero-order valence-electron chi connectivity index (χ0n) is 25.4. The summed E-state index contributed by atoms with van der Waals surface area (Å²) in [5, 5.41) is 0.185. The highest BCUT2D eigenvalue weighted by Gasteiger charge is 2.45. The Labute approximate surface area is 234 Å². The molecule has 0 aliphatic heterocycles. The molecule has 1 saturated carbocycles. The maximum Gasteiger partial charge on any atom is 0.305 e. The van der Waals surface area contributed by atoms with Crippen LogP contribution in [0, 0.1) is 18.4 Å². The van der Waals surface area contributed by atoms with E-state index in [1.54, 1.807) is 0 Å². The fourth-order valence-corrected chi connectivity index (χ4v) is 6.89. The Morgan fingerprint density at radius 1 is 1.16 bits per heavy atom. The second kappa shape index (κ2) is 15.0. The van der Waals surface area contributed by atoms with Crippen LogP contribution in [0.5, 0.6) is 0 Å². The van der Waals surface area contributed by atoms with Crippen molar-refractivity contribution in [2.24, 2.45) is 11.8 Å². The van der Waals surface area contributed by atoms with E-state index in [-0.39, 0.29) is 23.2 Å². The molecule has 0 saturated heterocycles. The molecule has 0 N–H and O–H groups in total. The minimum Gasteiger partial charge on any atom is -0.469 e. The van der Waals surface area contributed by atoms with Crippen molar-refractivity contribution in [1.29, 1.82) is 0 Å². The molecule has 1 unspecified atom stereocenters. The van der Waals surface area contributed by atoms with Crippen molar-refractivity contribution in [2.45, 2.75) is 129 Å². The molecule has 0 spiro atoms. The van der Waals surface area contributed by atoms with E-state index in [2.05, 4.69) is 89.0 Å². The van der Waals surface area contributed by atoms with E-state index in [0.29, 0.717) is 24.2 Å². The maximum absolute atomic E-state index is 11.3. The van der Waals surface area contributed by atoms with E-state index >= 15 is 0 Å². The van der Waals surface area contributed by atoms with Gasteiger partial charge in [0.15, 0.2) is 8.32 Å². The third kappa shape index (κ3) is 9.09. The molecule has 1 aromatic carbocycles. The van der Waals surface area contributed by atoms with E-state index in [9.17, 15) is 4.79 Å². The van der Waals surface area contributed by atoms with Gasteiger partial charge in [0, 0.05) is 18.8 Å². The summed E-state index contributed by atoms with van der Waals surface area (Å²) in [5.74, 6) is 1.06. The van der Waals surface area contributed by atoms with Gasteiger partial charge in [-0.25, -0.2) is 6.57 Å². The van der Waals surface area contributed by atoms with Crippen LogP contribution in [0.4, 0.5) is 0 Å². The summed E-state index contributed by atoms with van der Waals surface area (Å²) in [5.41, 5.74) is 2.65. The molecule has 1 aliphatic rings. The molecule has 1 fully saturated rings. The van der Waals surface area contributed by atoms with Gasteiger partial charge < -0.3 is 14.0 Å². The molecule has 4 nitrogen and oxygen atoms in total. The summed E-state index contributed by atoms with van der Waals surface area (Å²) in [4.78, 5) is 15.4. The molecule has 0 aromatic heterocycles. The zero-order chi connectivity index (χ0) is 28.3. The second-order valence-electron chi connectivity index (χ2n) is 12.8. The van der Waals surface area contributed by atoms with Gasteiger partial charge >= 0.3 is 5.97 Å². The van der Waals surface area contributed by atoms with Crippen LogP contribution >= 0.6 is 0 Å². The van der Waals surface area contributed by atoms with Crippen LogP contribution in [0.3, 0.4) is 0 Å². The molecule has 0 radical (unpaired) electrons. The van der Waals surface area contributed by atoms with Gasteiger partial charge in [0.25, 0.3) is 0 Å². The lowest BCUT2D eigenvalue weighted by molar-refractivity contribution is -0.140. The Kier molecular flexibility index (Phi) is 12.8. The van der Waals surface area contributed by atoms with Crippen LogP contribution < -0.4 is 0 Å². The summed E-state index contributed by atoms with van der Waals surface area (Å²) in [6.07, 6.45) is 13.3. The van der Waals surface area contributed by atoms with Gasteiger partial charge in [-0.05, 0) is 66.8 Å². The number of methoxy groups -OCH3 is 1. The second-order valence-corrected chi connectivity index (χ2v) is 17.6. The maximum atomic E-state index is 11.3. The van der Waals surface area contributed by atoms with Gasteiger partial charge in [0.05, 0.1) is 13.2 Å². The van der Waals surface area contributed by atoms with Crippen LogP contribution in [-0.2, 0) is 14.0 Å². The Morgan fingerprint density at radius 2 is 1.84 bits per heavy atom. The molecule has 1 aliphatic carbocycles. The molecule has 1 aromatic rings. The predicted octanol–water partition coefficient (Wildman–Crippen LogP) is 9.65. The number of allylic oxidation sites excluding steroid dienone is 2. The van der Waals surface area contributed by atoms with Crippen molar-refractivity contribution in [2.75, 3.05) is 7.11 Å². The fraction of sp³-hybridized carbons (Fsp3) is 0.697. The molecular weight excluding hydrogens is 486 g/mol. The zero-order valence-corrected chi connectivity index (χ0v) is 26.4. The first-order valence-corrected chi connectivity index (χ1v) is 17.7. The molecular formula is C33H53NO3Si. The average Bonchev–Trinajstić information content (AvgIpc) is 3.19. The standard InChI is InChI=1S/C33H53NO3Si/c1-10-11-14-18-30(37-38(8,9)33(3,4)5)26-20-22-27(23-21-26)32-25(2)24-29(34-6)28(32)17-15-12-13-16-19-31(35)36-7/h12,15,20-23,25,28-30,32H,10-11,13-14,16-19,24H2,1-5,7-9H3/b15-12-/t25-,28+,29-,30?,32-/m1/s1. The van der Waals surface area contributed by atoms with E-state index in [4.69, 9.17) is 15.7 Å². The smallest absolute Gasteiger partial charge is 0.305 e. The van der Waals surface area contributed by atoms with E-state index in [1.165, 1.54) is 37.5 Å².